The Morgan fingerprint density at radius 2 is 1.88 bits per heavy atom. The third kappa shape index (κ3) is 3.50. The van der Waals surface area contributed by atoms with Crippen LogP contribution in [-0.2, 0) is 14.3 Å². The number of rotatable bonds is 5. The molecule has 1 fully saturated rings. The Morgan fingerprint density at radius 1 is 1.15 bits per heavy atom. The molecule has 0 unspecified atom stereocenters. The van der Waals surface area contributed by atoms with E-state index in [0.29, 0.717) is 0 Å². The summed E-state index contributed by atoms with van der Waals surface area (Å²) in [5, 5.41) is -0.491. The van der Waals surface area contributed by atoms with Gasteiger partial charge in [0, 0.05) is 17.6 Å². The standard InChI is InChI=1S/C18H16N2O5S/c1-24-14-7-5-12(6-8-14)19-9-3-4-13(19)10-15-17(22)20(18(23)26-15)11-16(21)25-2/h3-10H,11H2,1-2H3. The number of methoxy groups -OCH3 is 2. The normalized spacial score (nSPS) is 15.6. The van der Waals surface area contributed by atoms with Crippen LogP contribution in [0.15, 0.2) is 47.5 Å². The van der Waals surface area contributed by atoms with Crippen molar-refractivity contribution >= 4 is 35.0 Å². The SMILES string of the molecule is COC(=O)CN1C(=O)SC(=Cc2cccn2-c2ccc(OC)cc2)C1=O. The summed E-state index contributed by atoms with van der Waals surface area (Å²) in [6.07, 6.45) is 3.48. The van der Waals surface area contributed by atoms with Gasteiger partial charge in [-0.25, -0.2) is 0 Å². The minimum atomic E-state index is -0.643. The zero-order chi connectivity index (χ0) is 18.7. The molecule has 0 atom stereocenters. The Kier molecular flexibility index (Phi) is 5.13. The van der Waals surface area contributed by atoms with Gasteiger partial charge in [0.05, 0.1) is 19.1 Å². The molecule has 0 aliphatic carbocycles. The molecule has 0 bridgehead atoms. The fourth-order valence-corrected chi connectivity index (χ4v) is 3.28. The first-order chi connectivity index (χ1) is 12.5. The highest BCUT2D eigenvalue weighted by Gasteiger charge is 2.36. The Morgan fingerprint density at radius 3 is 2.54 bits per heavy atom. The van der Waals surface area contributed by atoms with E-state index in [1.807, 2.05) is 47.2 Å². The highest BCUT2D eigenvalue weighted by atomic mass is 32.2. The van der Waals surface area contributed by atoms with E-state index in [0.717, 1.165) is 33.8 Å². The summed E-state index contributed by atoms with van der Waals surface area (Å²) in [7, 11) is 2.81. The summed E-state index contributed by atoms with van der Waals surface area (Å²) in [5.41, 5.74) is 1.62. The molecule has 2 heterocycles. The molecule has 1 aromatic carbocycles. The van der Waals surface area contributed by atoms with Crippen molar-refractivity contribution in [2.45, 2.75) is 0 Å². The maximum atomic E-state index is 12.4. The first kappa shape index (κ1) is 17.8. The molecule has 7 nitrogen and oxygen atoms in total. The monoisotopic (exact) mass is 372 g/mol. The minimum Gasteiger partial charge on any atom is -0.497 e. The molecular weight excluding hydrogens is 356 g/mol. The fraction of sp³-hybridized carbons (Fsp3) is 0.167. The third-order valence-electron chi connectivity index (χ3n) is 3.80. The molecule has 0 radical (unpaired) electrons. The molecule has 134 valence electrons. The van der Waals surface area contributed by atoms with E-state index in [2.05, 4.69) is 4.74 Å². The van der Waals surface area contributed by atoms with Gasteiger partial charge < -0.3 is 14.0 Å². The minimum absolute atomic E-state index is 0.257. The largest absolute Gasteiger partial charge is 0.497 e. The summed E-state index contributed by atoms with van der Waals surface area (Å²) in [6.45, 7) is -0.391. The number of esters is 1. The number of aromatic nitrogens is 1. The average Bonchev–Trinajstić information content (AvgIpc) is 3.22. The molecule has 1 aliphatic rings. The van der Waals surface area contributed by atoms with Gasteiger partial charge in [-0.05, 0) is 54.2 Å². The van der Waals surface area contributed by atoms with Gasteiger partial charge in [0.1, 0.15) is 12.3 Å². The molecule has 1 aromatic heterocycles. The molecular formula is C18H16N2O5S. The van der Waals surface area contributed by atoms with Crippen molar-refractivity contribution in [2.24, 2.45) is 0 Å². The van der Waals surface area contributed by atoms with Crippen LogP contribution in [0.3, 0.4) is 0 Å². The summed E-state index contributed by atoms with van der Waals surface area (Å²) < 4.78 is 11.6. The second-order valence-electron chi connectivity index (χ2n) is 5.35. The fourth-order valence-electron chi connectivity index (χ4n) is 2.45. The summed E-state index contributed by atoms with van der Waals surface area (Å²) in [6, 6.07) is 11.1. The second kappa shape index (κ2) is 7.49. The van der Waals surface area contributed by atoms with Crippen molar-refractivity contribution in [1.82, 2.24) is 9.47 Å². The van der Waals surface area contributed by atoms with Crippen LogP contribution in [0, 0.1) is 0 Å². The zero-order valence-corrected chi connectivity index (χ0v) is 15.0. The molecule has 8 heteroatoms. The number of hydrogen-bond donors (Lipinski definition) is 0. The van der Waals surface area contributed by atoms with Crippen LogP contribution in [0.25, 0.3) is 11.8 Å². The highest BCUT2D eigenvalue weighted by Crippen LogP contribution is 2.32. The lowest BCUT2D eigenvalue weighted by Crippen LogP contribution is -2.34. The van der Waals surface area contributed by atoms with E-state index >= 15 is 0 Å². The van der Waals surface area contributed by atoms with Gasteiger partial charge >= 0.3 is 5.97 Å². The van der Waals surface area contributed by atoms with Crippen LogP contribution in [0.1, 0.15) is 5.69 Å². The summed E-state index contributed by atoms with van der Waals surface area (Å²) >= 11 is 0.800. The second-order valence-corrected chi connectivity index (χ2v) is 6.34. The van der Waals surface area contributed by atoms with Crippen LogP contribution in [0.4, 0.5) is 4.79 Å². The van der Waals surface area contributed by atoms with Crippen LogP contribution >= 0.6 is 11.8 Å². The molecule has 1 aliphatic heterocycles. The topological polar surface area (TPSA) is 77.8 Å². The lowest BCUT2D eigenvalue weighted by Gasteiger charge is -2.10. The summed E-state index contributed by atoms with van der Waals surface area (Å²) in [5.74, 6) is -0.408. The Bertz CT molecular complexity index is 885. The number of ether oxygens (including phenoxy) is 2. The average molecular weight is 372 g/mol. The predicted octanol–water partition coefficient (Wildman–Crippen LogP) is 2.70. The van der Waals surface area contributed by atoms with E-state index in [1.165, 1.54) is 7.11 Å². The molecule has 1 saturated heterocycles. The van der Waals surface area contributed by atoms with Crippen molar-refractivity contribution < 1.29 is 23.9 Å². The maximum Gasteiger partial charge on any atom is 0.325 e. The third-order valence-corrected chi connectivity index (χ3v) is 4.71. The number of amides is 2. The lowest BCUT2D eigenvalue weighted by molar-refractivity contribution is -0.143. The number of thioether (sulfide) groups is 1. The Labute approximate surface area is 154 Å². The van der Waals surface area contributed by atoms with E-state index in [4.69, 9.17) is 4.74 Å². The Balaban J connectivity index is 1.87. The molecule has 2 aromatic rings. The lowest BCUT2D eigenvalue weighted by atomic mass is 10.3. The van der Waals surface area contributed by atoms with Crippen molar-refractivity contribution in [3.05, 3.63) is 53.2 Å². The van der Waals surface area contributed by atoms with Crippen LogP contribution < -0.4 is 4.74 Å². The van der Waals surface area contributed by atoms with E-state index in [9.17, 15) is 14.4 Å². The number of imide groups is 1. The summed E-state index contributed by atoms with van der Waals surface area (Å²) in [4.78, 5) is 36.9. The van der Waals surface area contributed by atoms with Gasteiger partial charge in [0.25, 0.3) is 11.1 Å². The van der Waals surface area contributed by atoms with Gasteiger partial charge in [-0.15, -0.1) is 0 Å². The van der Waals surface area contributed by atoms with Crippen LogP contribution in [0.5, 0.6) is 5.75 Å². The first-order valence-electron chi connectivity index (χ1n) is 7.67. The van der Waals surface area contributed by atoms with E-state index < -0.39 is 23.7 Å². The number of benzene rings is 1. The smallest absolute Gasteiger partial charge is 0.325 e. The maximum absolute atomic E-state index is 12.4. The molecule has 2 amide bonds. The Hall–Kier alpha value is -3.00. The van der Waals surface area contributed by atoms with Crippen molar-refractivity contribution in [3.8, 4) is 11.4 Å². The highest BCUT2D eigenvalue weighted by molar-refractivity contribution is 8.18. The van der Waals surface area contributed by atoms with Gasteiger partial charge in [0.2, 0.25) is 0 Å². The number of nitrogens with zero attached hydrogens (tertiary/aromatic N) is 2. The van der Waals surface area contributed by atoms with E-state index in [-0.39, 0.29) is 4.91 Å². The van der Waals surface area contributed by atoms with Crippen molar-refractivity contribution in [3.63, 3.8) is 0 Å². The first-order valence-corrected chi connectivity index (χ1v) is 8.49. The predicted molar refractivity (Wildman–Crippen MR) is 97.0 cm³/mol. The molecule has 0 spiro atoms. The number of carbonyl (C=O) groups is 3. The van der Waals surface area contributed by atoms with Crippen LogP contribution in [0.2, 0.25) is 0 Å². The molecule has 0 saturated carbocycles. The van der Waals surface area contributed by atoms with Crippen molar-refractivity contribution in [1.29, 1.82) is 0 Å². The van der Waals surface area contributed by atoms with Gasteiger partial charge in [-0.1, -0.05) is 0 Å². The zero-order valence-electron chi connectivity index (χ0n) is 14.2. The van der Waals surface area contributed by atoms with Crippen molar-refractivity contribution in [2.75, 3.05) is 20.8 Å². The molecule has 3 rings (SSSR count). The van der Waals surface area contributed by atoms with Gasteiger partial charge in [-0.2, -0.15) is 0 Å². The van der Waals surface area contributed by atoms with E-state index in [1.54, 1.807) is 13.2 Å². The molecule has 26 heavy (non-hydrogen) atoms. The number of hydrogen-bond acceptors (Lipinski definition) is 6. The number of carbonyl (C=O) groups excluding carboxylic acids is 3. The molecule has 0 N–H and O–H groups in total. The quantitative estimate of drug-likeness (QED) is 0.593. The van der Waals surface area contributed by atoms with Crippen LogP contribution in [-0.4, -0.2) is 47.3 Å². The van der Waals surface area contributed by atoms with Gasteiger partial charge in [-0.3, -0.25) is 19.3 Å². The van der Waals surface area contributed by atoms with Gasteiger partial charge in [0.15, 0.2) is 0 Å².